The van der Waals surface area contributed by atoms with Crippen molar-refractivity contribution < 1.29 is 14.7 Å². The maximum absolute atomic E-state index is 13.1. The summed E-state index contributed by atoms with van der Waals surface area (Å²) < 4.78 is 1.19. The van der Waals surface area contributed by atoms with Gasteiger partial charge in [-0.25, -0.2) is 9.78 Å². The maximum atomic E-state index is 13.1. The molecule has 1 aliphatic carbocycles. The van der Waals surface area contributed by atoms with E-state index in [9.17, 15) is 14.7 Å². The first-order chi connectivity index (χ1) is 17.0. The van der Waals surface area contributed by atoms with Crippen LogP contribution >= 0.6 is 22.7 Å². The number of fused-ring (bicyclic) bond motifs is 1. The number of piperazine rings is 1. The SMILES string of the molecule is O=C(O)NC(Cc1cccs1)C(=O)N1CCN(c2nc3ccc(CNC4CCCC4)cc3s2)CC1. The van der Waals surface area contributed by atoms with Crippen LogP contribution in [-0.4, -0.2) is 65.3 Å². The number of thiazole rings is 1. The molecule has 1 unspecified atom stereocenters. The number of aromatic nitrogens is 1. The van der Waals surface area contributed by atoms with Crippen LogP contribution in [0.2, 0.25) is 0 Å². The lowest BCUT2D eigenvalue weighted by atomic mass is 10.1. The molecule has 10 heteroatoms. The summed E-state index contributed by atoms with van der Waals surface area (Å²) in [6.45, 7) is 3.35. The summed E-state index contributed by atoms with van der Waals surface area (Å²) in [6, 6.07) is 10.2. The van der Waals surface area contributed by atoms with Crippen LogP contribution in [0.25, 0.3) is 10.2 Å². The Balaban J connectivity index is 1.19. The van der Waals surface area contributed by atoms with Gasteiger partial charge in [-0.05, 0) is 42.0 Å². The van der Waals surface area contributed by atoms with Crippen LogP contribution in [0, 0.1) is 0 Å². The molecule has 0 radical (unpaired) electrons. The van der Waals surface area contributed by atoms with E-state index in [0.717, 1.165) is 22.1 Å². The number of hydrogen-bond acceptors (Lipinski definition) is 7. The van der Waals surface area contributed by atoms with E-state index in [1.54, 1.807) is 16.2 Å². The zero-order valence-corrected chi connectivity index (χ0v) is 21.2. The molecule has 1 atom stereocenters. The first kappa shape index (κ1) is 24.0. The second-order valence-electron chi connectivity index (χ2n) is 9.26. The largest absolute Gasteiger partial charge is 0.465 e. The van der Waals surface area contributed by atoms with Gasteiger partial charge in [0.25, 0.3) is 0 Å². The molecule has 5 rings (SSSR count). The van der Waals surface area contributed by atoms with Gasteiger partial charge >= 0.3 is 6.09 Å². The lowest BCUT2D eigenvalue weighted by molar-refractivity contribution is -0.133. The average Bonchev–Trinajstić information content (AvgIpc) is 3.63. The van der Waals surface area contributed by atoms with Crippen LogP contribution in [0.1, 0.15) is 36.1 Å². The highest BCUT2D eigenvalue weighted by Crippen LogP contribution is 2.30. The molecule has 1 aromatic carbocycles. The fourth-order valence-corrected chi connectivity index (χ4v) is 6.74. The minimum atomic E-state index is -1.18. The van der Waals surface area contributed by atoms with Crippen molar-refractivity contribution in [3.05, 3.63) is 46.2 Å². The highest BCUT2D eigenvalue weighted by molar-refractivity contribution is 7.22. The van der Waals surface area contributed by atoms with Crippen LogP contribution in [-0.2, 0) is 17.8 Å². The van der Waals surface area contributed by atoms with Crippen molar-refractivity contribution in [2.75, 3.05) is 31.1 Å². The zero-order valence-electron chi connectivity index (χ0n) is 19.6. The summed E-state index contributed by atoms with van der Waals surface area (Å²) in [4.78, 5) is 34.2. The second kappa shape index (κ2) is 10.9. The van der Waals surface area contributed by atoms with E-state index in [2.05, 4.69) is 33.7 Å². The molecule has 1 saturated carbocycles. The van der Waals surface area contributed by atoms with Crippen LogP contribution in [0.15, 0.2) is 35.7 Å². The van der Waals surface area contributed by atoms with Crippen molar-refractivity contribution >= 4 is 50.0 Å². The third-order valence-corrected chi connectivity index (χ3v) is 8.81. The lowest BCUT2D eigenvalue weighted by Crippen LogP contribution is -2.55. The smallest absolute Gasteiger partial charge is 0.405 e. The monoisotopic (exact) mass is 513 g/mol. The van der Waals surface area contributed by atoms with E-state index in [1.165, 1.54) is 47.3 Å². The van der Waals surface area contributed by atoms with Crippen molar-refractivity contribution in [2.24, 2.45) is 0 Å². The minimum Gasteiger partial charge on any atom is -0.465 e. The van der Waals surface area contributed by atoms with E-state index in [1.807, 2.05) is 17.5 Å². The standard InChI is InChI=1S/C25H31N5O3S2/c31-23(21(28-25(32)33)15-19-6-3-13-34-19)29-9-11-30(12-10-29)24-27-20-8-7-17(14-22(20)35-24)16-26-18-4-1-2-5-18/h3,6-8,13-14,18,21,26,28H,1-2,4-5,9-12,15-16H2,(H,32,33). The normalized spacial score (nSPS) is 17.7. The van der Waals surface area contributed by atoms with Crippen molar-refractivity contribution in [1.82, 2.24) is 20.5 Å². The molecular weight excluding hydrogens is 482 g/mol. The molecule has 35 heavy (non-hydrogen) atoms. The van der Waals surface area contributed by atoms with Gasteiger partial charge in [0.05, 0.1) is 10.2 Å². The molecule has 0 spiro atoms. The van der Waals surface area contributed by atoms with Gasteiger partial charge < -0.3 is 25.5 Å². The summed E-state index contributed by atoms with van der Waals surface area (Å²) in [5.41, 5.74) is 2.30. The summed E-state index contributed by atoms with van der Waals surface area (Å²) in [7, 11) is 0. The van der Waals surface area contributed by atoms with Crippen LogP contribution in [0.3, 0.4) is 0 Å². The summed E-state index contributed by atoms with van der Waals surface area (Å²) >= 11 is 3.23. The fourth-order valence-electron chi connectivity index (χ4n) is 4.91. The second-order valence-corrected chi connectivity index (χ2v) is 11.3. The van der Waals surface area contributed by atoms with Gasteiger partial charge in [-0.1, -0.05) is 36.3 Å². The van der Waals surface area contributed by atoms with Crippen molar-refractivity contribution in [2.45, 2.75) is 50.7 Å². The molecule has 2 aromatic heterocycles. The Bertz CT molecular complexity index is 1150. The van der Waals surface area contributed by atoms with Gasteiger partial charge in [-0.3, -0.25) is 4.79 Å². The molecule has 186 valence electrons. The van der Waals surface area contributed by atoms with Gasteiger partial charge in [-0.15, -0.1) is 11.3 Å². The molecule has 2 amide bonds. The summed E-state index contributed by atoms with van der Waals surface area (Å²) in [6.07, 6.45) is 4.42. The molecule has 3 N–H and O–H groups in total. The van der Waals surface area contributed by atoms with Gasteiger partial charge in [0.2, 0.25) is 5.91 Å². The third kappa shape index (κ3) is 5.94. The average molecular weight is 514 g/mol. The molecule has 2 fully saturated rings. The Hall–Kier alpha value is -2.69. The molecule has 1 saturated heterocycles. The number of anilines is 1. The predicted molar refractivity (Wildman–Crippen MR) is 140 cm³/mol. The number of carbonyl (C=O) groups excluding carboxylic acids is 1. The molecular formula is C25H31N5O3S2. The number of carboxylic acid groups (broad SMARTS) is 1. The molecule has 8 nitrogen and oxygen atoms in total. The van der Waals surface area contributed by atoms with E-state index in [0.29, 0.717) is 38.6 Å². The first-order valence-electron chi connectivity index (χ1n) is 12.2. The fraction of sp³-hybridized carbons (Fsp3) is 0.480. The molecule has 3 aromatic rings. The number of thiophene rings is 1. The molecule has 1 aliphatic heterocycles. The van der Waals surface area contributed by atoms with E-state index < -0.39 is 12.1 Å². The first-order valence-corrected chi connectivity index (χ1v) is 13.9. The van der Waals surface area contributed by atoms with Crippen molar-refractivity contribution in [1.29, 1.82) is 0 Å². The zero-order chi connectivity index (χ0) is 24.2. The lowest BCUT2D eigenvalue weighted by Gasteiger charge is -2.36. The van der Waals surface area contributed by atoms with Crippen LogP contribution < -0.4 is 15.5 Å². The van der Waals surface area contributed by atoms with Gasteiger partial charge in [0, 0.05) is 50.1 Å². The number of amides is 2. The predicted octanol–water partition coefficient (Wildman–Crippen LogP) is 3.92. The van der Waals surface area contributed by atoms with E-state index in [4.69, 9.17) is 4.98 Å². The van der Waals surface area contributed by atoms with Gasteiger partial charge in [0.15, 0.2) is 5.13 Å². The number of benzene rings is 1. The van der Waals surface area contributed by atoms with Gasteiger partial charge in [-0.2, -0.15) is 0 Å². The van der Waals surface area contributed by atoms with Crippen molar-refractivity contribution in [3.63, 3.8) is 0 Å². The van der Waals surface area contributed by atoms with Crippen molar-refractivity contribution in [3.8, 4) is 0 Å². The topological polar surface area (TPSA) is 97.8 Å². The summed E-state index contributed by atoms with van der Waals surface area (Å²) in [5, 5.41) is 18.2. The highest BCUT2D eigenvalue weighted by atomic mass is 32.1. The number of carbonyl (C=O) groups is 2. The Kier molecular flexibility index (Phi) is 7.50. The molecule has 2 aliphatic rings. The Labute approximate surface area is 213 Å². The van der Waals surface area contributed by atoms with Gasteiger partial charge in [0.1, 0.15) is 6.04 Å². The maximum Gasteiger partial charge on any atom is 0.405 e. The molecule has 3 heterocycles. The quantitative estimate of drug-likeness (QED) is 0.422. The van der Waals surface area contributed by atoms with E-state index >= 15 is 0 Å². The Morgan fingerprint density at radius 1 is 1.14 bits per heavy atom. The van der Waals surface area contributed by atoms with Crippen LogP contribution in [0.5, 0.6) is 0 Å². The minimum absolute atomic E-state index is 0.163. The Morgan fingerprint density at radius 2 is 1.94 bits per heavy atom. The summed E-state index contributed by atoms with van der Waals surface area (Å²) in [5.74, 6) is -0.163. The van der Waals surface area contributed by atoms with E-state index in [-0.39, 0.29) is 5.91 Å². The number of nitrogens with zero attached hydrogens (tertiary/aromatic N) is 3. The number of rotatable bonds is 8. The number of nitrogens with one attached hydrogen (secondary N) is 2. The highest BCUT2D eigenvalue weighted by Gasteiger charge is 2.30. The van der Waals surface area contributed by atoms with Crippen LogP contribution in [0.4, 0.5) is 9.93 Å². The number of hydrogen-bond donors (Lipinski definition) is 3. The Morgan fingerprint density at radius 3 is 2.66 bits per heavy atom. The molecule has 0 bridgehead atoms. The third-order valence-electron chi connectivity index (χ3n) is 6.83.